The minimum atomic E-state index is -0.0791. The van der Waals surface area contributed by atoms with Crippen molar-refractivity contribution >= 4 is 0 Å². The Morgan fingerprint density at radius 3 is 2.80 bits per heavy atom. The second-order valence-corrected chi connectivity index (χ2v) is 4.07. The fraction of sp³-hybridized carbons (Fsp3) is 0.538. The maximum Gasteiger partial charge on any atom is 0.126 e. The first-order chi connectivity index (χ1) is 7.15. The van der Waals surface area contributed by atoms with Crippen LogP contribution in [0.4, 0.5) is 4.39 Å². The molecular formula is C13H20FN. The molecule has 0 aliphatic rings. The molecule has 0 aliphatic heterocycles. The van der Waals surface area contributed by atoms with Gasteiger partial charge in [0.2, 0.25) is 0 Å². The van der Waals surface area contributed by atoms with Gasteiger partial charge in [-0.2, -0.15) is 0 Å². The number of nitrogens with one attached hydrogen (secondary N) is 1. The zero-order chi connectivity index (χ0) is 11.3. The molecule has 2 heteroatoms. The number of halogens is 1. The minimum absolute atomic E-state index is 0.0791. The molecule has 1 atom stereocenters. The van der Waals surface area contributed by atoms with E-state index in [1.807, 2.05) is 19.1 Å². The maximum atomic E-state index is 13.5. The molecule has 0 bridgehead atoms. The Morgan fingerprint density at radius 1 is 1.40 bits per heavy atom. The van der Waals surface area contributed by atoms with Gasteiger partial charge in [-0.15, -0.1) is 0 Å². The Balaban J connectivity index is 2.64. The van der Waals surface area contributed by atoms with Crippen LogP contribution in [-0.4, -0.2) is 13.1 Å². The van der Waals surface area contributed by atoms with Crippen LogP contribution in [0.15, 0.2) is 18.2 Å². The highest BCUT2D eigenvalue weighted by atomic mass is 19.1. The van der Waals surface area contributed by atoms with Crippen LogP contribution in [0.1, 0.15) is 37.3 Å². The van der Waals surface area contributed by atoms with Gasteiger partial charge in [-0.3, -0.25) is 0 Å². The summed E-state index contributed by atoms with van der Waals surface area (Å²) in [6.07, 6.45) is 0.980. The summed E-state index contributed by atoms with van der Waals surface area (Å²) < 4.78 is 13.5. The van der Waals surface area contributed by atoms with Gasteiger partial charge in [-0.05, 0) is 44.0 Å². The molecule has 0 radical (unpaired) electrons. The van der Waals surface area contributed by atoms with E-state index < -0.39 is 0 Å². The van der Waals surface area contributed by atoms with E-state index >= 15 is 0 Å². The monoisotopic (exact) mass is 209 g/mol. The van der Waals surface area contributed by atoms with Gasteiger partial charge in [0.05, 0.1) is 0 Å². The van der Waals surface area contributed by atoms with Crippen LogP contribution in [0.2, 0.25) is 0 Å². The maximum absolute atomic E-state index is 13.5. The van der Waals surface area contributed by atoms with Crippen molar-refractivity contribution in [2.45, 2.75) is 33.1 Å². The number of hydrogen-bond donors (Lipinski definition) is 1. The normalized spacial score (nSPS) is 12.8. The largest absolute Gasteiger partial charge is 0.317 e. The highest BCUT2D eigenvalue weighted by molar-refractivity contribution is 5.26. The molecule has 1 aromatic rings. The van der Waals surface area contributed by atoms with Crippen molar-refractivity contribution in [3.05, 3.63) is 35.1 Å². The lowest BCUT2D eigenvalue weighted by Crippen LogP contribution is -2.16. The summed E-state index contributed by atoms with van der Waals surface area (Å²) in [5, 5.41) is 3.26. The van der Waals surface area contributed by atoms with Crippen LogP contribution in [0.25, 0.3) is 0 Å². The zero-order valence-corrected chi connectivity index (χ0v) is 9.81. The first-order valence-corrected chi connectivity index (χ1v) is 5.62. The summed E-state index contributed by atoms with van der Waals surface area (Å²) >= 11 is 0. The highest BCUT2D eigenvalue weighted by Gasteiger charge is 2.10. The van der Waals surface area contributed by atoms with Gasteiger partial charge in [0, 0.05) is 0 Å². The van der Waals surface area contributed by atoms with Gasteiger partial charge in [-0.25, -0.2) is 4.39 Å². The molecule has 1 aromatic carbocycles. The lowest BCUT2D eigenvalue weighted by molar-refractivity contribution is 0.557. The molecule has 15 heavy (non-hydrogen) atoms. The molecule has 1 rings (SSSR count). The lowest BCUT2D eigenvalue weighted by Gasteiger charge is -2.13. The number of rotatable bonds is 5. The van der Waals surface area contributed by atoms with E-state index in [1.165, 1.54) is 0 Å². The molecule has 0 saturated carbocycles. The standard InChI is InChI=1S/C13H20FN/c1-4-15-8-7-11(3)12-9-10(2)5-6-13(12)14/h5-6,9,11,15H,4,7-8H2,1-3H3. The van der Waals surface area contributed by atoms with Crippen LogP contribution in [0.3, 0.4) is 0 Å². The molecule has 0 aromatic heterocycles. The summed E-state index contributed by atoms with van der Waals surface area (Å²) in [5.74, 6) is 0.202. The Morgan fingerprint density at radius 2 is 2.13 bits per heavy atom. The van der Waals surface area contributed by atoms with Gasteiger partial charge >= 0.3 is 0 Å². The van der Waals surface area contributed by atoms with Crippen LogP contribution in [-0.2, 0) is 0 Å². The Bertz CT molecular complexity index is 309. The molecule has 0 fully saturated rings. The summed E-state index contributed by atoms with van der Waals surface area (Å²) in [7, 11) is 0. The third-order valence-electron chi connectivity index (χ3n) is 2.69. The molecule has 0 amide bonds. The third kappa shape index (κ3) is 3.63. The first-order valence-electron chi connectivity index (χ1n) is 5.62. The van der Waals surface area contributed by atoms with E-state index in [0.717, 1.165) is 30.6 Å². The predicted octanol–water partition coefficient (Wildman–Crippen LogP) is 3.24. The van der Waals surface area contributed by atoms with E-state index in [2.05, 4.69) is 19.2 Å². The van der Waals surface area contributed by atoms with Crippen LogP contribution >= 0.6 is 0 Å². The second kappa shape index (κ2) is 5.86. The molecule has 1 nitrogen and oxygen atoms in total. The van der Waals surface area contributed by atoms with Crippen LogP contribution in [0.5, 0.6) is 0 Å². The molecule has 0 saturated heterocycles. The molecule has 1 N–H and O–H groups in total. The van der Waals surface area contributed by atoms with E-state index in [9.17, 15) is 4.39 Å². The van der Waals surface area contributed by atoms with Crippen molar-refractivity contribution < 1.29 is 4.39 Å². The topological polar surface area (TPSA) is 12.0 Å². The first kappa shape index (κ1) is 12.2. The zero-order valence-electron chi connectivity index (χ0n) is 9.81. The smallest absolute Gasteiger partial charge is 0.126 e. The van der Waals surface area contributed by atoms with Crippen molar-refractivity contribution in [3.63, 3.8) is 0 Å². The summed E-state index contributed by atoms with van der Waals surface area (Å²) in [4.78, 5) is 0. The molecule has 0 aliphatic carbocycles. The van der Waals surface area contributed by atoms with Crippen molar-refractivity contribution in [2.24, 2.45) is 0 Å². The minimum Gasteiger partial charge on any atom is -0.317 e. The summed E-state index contributed by atoms with van der Waals surface area (Å²) in [5.41, 5.74) is 1.97. The van der Waals surface area contributed by atoms with Gasteiger partial charge in [0.15, 0.2) is 0 Å². The van der Waals surface area contributed by atoms with E-state index in [1.54, 1.807) is 6.07 Å². The van der Waals surface area contributed by atoms with Gasteiger partial charge in [0.1, 0.15) is 5.82 Å². The van der Waals surface area contributed by atoms with Gasteiger partial charge in [-0.1, -0.05) is 31.5 Å². The highest BCUT2D eigenvalue weighted by Crippen LogP contribution is 2.22. The van der Waals surface area contributed by atoms with Gasteiger partial charge in [0.25, 0.3) is 0 Å². The number of hydrogen-bond acceptors (Lipinski definition) is 1. The van der Waals surface area contributed by atoms with E-state index in [4.69, 9.17) is 0 Å². The summed E-state index contributed by atoms with van der Waals surface area (Å²) in [6, 6.07) is 5.33. The van der Waals surface area contributed by atoms with Crippen molar-refractivity contribution in [1.82, 2.24) is 5.32 Å². The second-order valence-electron chi connectivity index (χ2n) is 4.07. The summed E-state index contributed by atoms with van der Waals surface area (Å²) in [6.45, 7) is 8.08. The Hall–Kier alpha value is -0.890. The van der Waals surface area contributed by atoms with Crippen molar-refractivity contribution in [2.75, 3.05) is 13.1 Å². The number of benzene rings is 1. The van der Waals surface area contributed by atoms with Crippen molar-refractivity contribution in [3.8, 4) is 0 Å². The SMILES string of the molecule is CCNCCC(C)c1cc(C)ccc1F. The lowest BCUT2D eigenvalue weighted by atomic mass is 9.96. The average Bonchev–Trinajstić information content (AvgIpc) is 2.22. The van der Waals surface area contributed by atoms with E-state index in [0.29, 0.717) is 0 Å². The van der Waals surface area contributed by atoms with Crippen LogP contribution < -0.4 is 5.32 Å². The number of aryl methyl sites for hydroxylation is 1. The molecule has 1 unspecified atom stereocenters. The average molecular weight is 209 g/mol. The fourth-order valence-electron chi connectivity index (χ4n) is 1.69. The molecule has 0 spiro atoms. The predicted molar refractivity (Wildman–Crippen MR) is 62.7 cm³/mol. The Kier molecular flexibility index (Phi) is 4.76. The van der Waals surface area contributed by atoms with Crippen LogP contribution in [0, 0.1) is 12.7 Å². The molecule has 0 heterocycles. The molecule has 84 valence electrons. The quantitative estimate of drug-likeness (QED) is 0.734. The van der Waals surface area contributed by atoms with Crippen molar-refractivity contribution in [1.29, 1.82) is 0 Å². The molecular weight excluding hydrogens is 189 g/mol. The third-order valence-corrected chi connectivity index (χ3v) is 2.69. The Labute approximate surface area is 91.7 Å². The van der Waals surface area contributed by atoms with E-state index in [-0.39, 0.29) is 11.7 Å². The fourth-order valence-corrected chi connectivity index (χ4v) is 1.69. The van der Waals surface area contributed by atoms with Gasteiger partial charge < -0.3 is 5.32 Å².